The van der Waals surface area contributed by atoms with Gasteiger partial charge in [0.25, 0.3) is 0 Å². The molecule has 0 unspecified atom stereocenters. The highest BCUT2D eigenvalue weighted by atomic mass is 16.6. The summed E-state index contributed by atoms with van der Waals surface area (Å²) in [7, 11) is 0. The molecule has 1 saturated heterocycles. The van der Waals surface area contributed by atoms with E-state index in [0.717, 1.165) is 12.0 Å². The summed E-state index contributed by atoms with van der Waals surface area (Å²) in [6, 6.07) is 12.5. The van der Waals surface area contributed by atoms with Gasteiger partial charge in [0.2, 0.25) is 5.91 Å². The minimum Gasteiger partial charge on any atom is -0.482 e. The molecule has 0 radical (unpaired) electrons. The lowest BCUT2D eigenvalue weighted by Gasteiger charge is -2.16. The van der Waals surface area contributed by atoms with E-state index in [1.165, 1.54) is 5.56 Å². The molecule has 0 saturated carbocycles. The van der Waals surface area contributed by atoms with Crippen molar-refractivity contribution < 1.29 is 23.9 Å². The maximum absolute atomic E-state index is 12.4. The summed E-state index contributed by atoms with van der Waals surface area (Å²) in [5.74, 6) is 0.119. The Morgan fingerprint density at radius 1 is 1.10 bits per heavy atom. The summed E-state index contributed by atoms with van der Waals surface area (Å²) in [5, 5.41) is 0. The van der Waals surface area contributed by atoms with E-state index in [0.29, 0.717) is 35.9 Å². The number of amides is 1. The fourth-order valence-electron chi connectivity index (χ4n) is 3.57. The van der Waals surface area contributed by atoms with Crippen LogP contribution < -0.4 is 9.64 Å². The molecule has 158 valence electrons. The van der Waals surface area contributed by atoms with Gasteiger partial charge in [-0.15, -0.1) is 0 Å². The first-order valence-corrected chi connectivity index (χ1v) is 10.2. The van der Waals surface area contributed by atoms with Crippen LogP contribution in [-0.2, 0) is 14.3 Å². The second-order valence-corrected chi connectivity index (χ2v) is 7.74. The van der Waals surface area contributed by atoms with Crippen molar-refractivity contribution in [1.82, 2.24) is 0 Å². The Bertz CT molecular complexity index is 950. The fraction of sp³-hybridized carbons (Fsp3) is 0.375. The van der Waals surface area contributed by atoms with E-state index in [1.807, 2.05) is 25.1 Å². The Hall–Kier alpha value is -3.15. The van der Waals surface area contributed by atoms with E-state index in [1.54, 1.807) is 29.2 Å². The second kappa shape index (κ2) is 9.57. The third kappa shape index (κ3) is 5.26. The average molecular weight is 409 g/mol. The Balaban J connectivity index is 1.51. The Morgan fingerprint density at radius 3 is 2.57 bits per heavy atom. The van der Waals surface area contributed by atoms with E-state index in [4.69, 9.17) is 9.47 Å². The molecule has 0 aromatic heterocycles. The molecule has 1 aliphatic heterocycles. The molecule has 6 heteroatoms. The summed E-state index contributed by atoms with van der Waals surface area (Å²) >= 11 is 0. The van der Waals surface area contributed by atoms with E-state index in [-0.39, 0.29) is 24.9 Å². The first-order valence-electron chi connectivity index (χ1n) is 10.2. The molecule has 1 heterocycles. The predicted molar refractivity (Wildman–Crippen MR) is 114 cm³/mol. The van der Waals surface area contributed by atoms with Crippen LogP contribution in [0.25, 0.3) is 0 Å². The number of rotatable bonds is 8. The number of carbonyl (C=O) groups is 3. The molecule has 0 N–H and O–H groups in total. The highest BCUT2D eigenvalue weighted by Gasteiger charge is 2.22. The molecule has 0 bridgehead atoms. The molecular weight excluding hydrogens is 382 g/mol. The minimum atomic E-state index is -0.611. The van der Waals surface area contributed by atoms with Gasteiger partial charge in [-0.1, -0.05) is 32.0 Å². The Kier molecular flexibility index (Phi) is 6.87. The lowest BCUT2D eigenvalue weighted by atomic mass is 9.98. The van der Waals surface area contributed by atoms with Gasteiger partial charge >= 0.3 is 5.97 Å². The number of Topliss-reactive ketones (excluding diaryl/α,β-unsaturated/α-hetero) is 1. The maximum atomic E-state index is 12.4. The lowest BCUT2D eigenvalue weighted by Crippen LogP contribution is -2.24. The van der Waals surface area contributed by atoms with Crippen molar-refractivity contribution in [3.8, 4) is 5.75 Å². The molecule has 0 atom stereocenters. The maximum Gasteiger partial charge on any atom is 0.344 e. The number of aryl methyl sites for hydroxylation is 1. The highest BCUT2D eigenvalue weighted by Crippen LogP contribution is 2.24. The fourth-order valence-corrected chi connectivity index (χ4v) is 3.57. The second-order valence-electron chi connectivity index (χ2n) is 7.74. The minimum absolute atomic E-state index is 0.0554. The number of anilines is 1. The van der Waals surface area contributed by atoms with E-state index in [9.17, 15) is 14.4 Å². The Morgan fingerprint density at radius 2 is 1.90 bits per heavy atom. The van der Waals surface area contributed by atoms with Gasteiger partial charge in [-0.25, -0.2) is 4.79 Å². The quantitative estimate of drug-likeness (QED) is 0.486. The van der Waals surface area contributed by atoms with Crippen LogP contribution in [0.3, 0.4) is 0 Å². The largest absolute Gasteiger partial charge is 0.482 e. The van der Waals surface area contributed by atoms with Gasteiger partial charge in [0, 0.05) is 24.2 Å². The topological polar surface area (TPSA) is 72.9 Å². The van der Waals surface area contributed by atoms with Crippen LogP contribution in [0, 0.1) is 6.92 Å². The number of ketones is 1. The summed E-state index contributed by atoms with van der Waals surface area (Å²) in [6.45, 7) is 6.26. The molecule has 1 amide bonds. The van der Waals surface area contributed by atoms with Crippen molar-refractivity contribution >= 4 is 23.3 Å². The molecule has 2 aromatic rings. The lowest BCUT2D eigenvalue weighted by molar-refractivity contribution is -0.144. The zero-order chi connectivity index (χ0) is 21.7. The van der Waals surface area contributed by atoms with Gasteiger partial charge in [0.05, 0.1) is 0 Å². The molecule has 0 spiro atoms. The standard InChI is InChI=1S/C24H27NO5/c1-16(2)21-10-9-20(12-17(21)3)29-15-24(28)30-14-22(26)18-6-4-7-19(13-18)25-11-5-8-23(25)27/h4,6-7,9-10,12-13,16H,5,8,11,14-15H2,1-3H3. The van der Waals surface area contributed by atoms with Crippen molar-refractivity contribution in [1.29, 1.82) is 0 Å². The number of benzene rings is 2. The molecule has 2 aromatic carbocycles. The molecule has 3 rings (SSSR count). The molecule has 6 nitrogen and oxygen atoms in total. The first-order chi connectivity index (χ1) is 14.3. The van der Waals surface area contributed by atoms with E-state index < -0.39 is 5.97 Å². The van der Waals surface area contributed by atoms with Crippen LogP contribution in [0.4, 0.5) is 5.69 Å². The number of nitrogens with zero attached hydrogens (tertiary/aromatic N) is 1. The molecule has 30 heavy (non-hydrogen) atoms. The van der Waals surface area contributed by atoms with Crippen LogP contribution in [0.1, 0.15) is 54.1 Å². The third-order valence-electron chi connectivity index (χ3n) is 5.14. The summed E-state index contributed by atoms with van der Waals surface area (Å²) in [4.78, 5) is 37.9. The zero-order valence-electron chi connectivity index (χ0n) is 17.6. The van der Waals surface area contributed by atoms with Gasteiger partial charge < -0.3 is 14.4 Å². The van der Waals surface area contributed by atoms with Gasteiger partial charge in [-0.05, 0) is 54.7 Å². The van der Waals surface area contributed by atoms with Crippen molar-refractivity contribution in [3.05, 3.63) is 59.2 Å². The SMILES string of the molecule is Cc1cc(OCC(=O)OCC(=O)c2cccc(N3CCCC3=O)c2)ccc1C(C)C. The smallest absolute Gasteiger partial charge is 0.344 e. The summed E-state index contributed by atoms with van der Waals surface area (Å²) in [5.41, 5.74) is 3.43. The number of hydrogen-bond acceptors (Lipinski definition) is 5. The molecular formula is C24H27NO5. The van der Waals surface area contributed by atoms with E-state index >= 15 is 0 Å². The molecule has 1 aliphatic rings. The van der Waals surface area contributed by atoms with Crippen molar-refractivity contribution in [2.75, 3.05) is 24.7 Å². The van der Waals surface area contributed by atoms with Crippen LogP contribution in [0.5, 0.6) is 5.75 Å². The third-order valence-corrected chi connectivity index (χ3v) is 5.14. The van der Waals surface area contributed by atoms with Crippen LogP contribution in [0.15, 0.2) is 42.5 Å². The van der Waals surface area contributed by atoms with Crippen molar-refractivity contribution in [2.45, 2.75) is 39.5 Å². The number of hydrogen-bond donors (Lipinski definition) is 0. The first kappa shape index (κ1) is 21.6. The number of carbonyl (C=O) groups excluding carboxylic acids is 3. The number of esters is 1. The molecule has 1 fully saturated rings. The monoisotopic (exact) mass is 409 g/mol. The zero-order valence-corrected chi connectivity index (χ0v) is 17.6. The van der Waals surface area contributed by atoms with Crippen LogP contribution in [-0.4, -0.2) is 37.4 Å². The average Bonchev–Trinajstić information content (AvgIpc) is 3.16. The van der Waals surface area contributed by atoms with Crippen molar-refractivity contribution in [2.24, 2.45) is 0 Å². The van der Waals surface area contributed by atoms with Gasteiger partial charge in [-0.2, -0.15) is 0 Å². The van der Waals surface area contributed by atoms with Gasteiger partial charge in [-0.3, -0.25) is 9.59 Å². The highest BCUT2D eigenvalue weighted by molar-refractivity contribution is 6.01. The van der Waals surface area contributed by atoms with Crippen molar-refractivity contribution in [3.63, 3.8) is 0 Å². The van der Waals surface area contributed by atoms with E-state index in [2.05, 4.69) is 13.8 Å². The predicted octanol–water partition coefficient (Wildman–Crippen LogP) is 4.05. The van der Waals surface area contributed by atoms with Crippen LogP contribution >= 0.6 is 0 Å². The summed E-state index contributed by atoms with van der Waals surface area (Å²) < 4.78 is 10.6. The van der Waals surface area contributed by atoms with Gasteiger partial charge in [0.1, 0.15) is 5.75 Å². The Labute approximate surface area is 176 Å². The van der Waals surface area contributed by atoms with Crippen LogP contribution in [0.2, 0.25) is 0 Å². The number of ether oxygens (including phenoxy) is 2. The normalized spacial score (nSPS) is 13.6. The molecule has 0 aliphatic carbocycles. The van der Waals surface area contributed by atoms with Gasteiger partial charge in [0.15, 0.2) is 19.0 Å². The summed E-state index contributed by atoms with van der Waals surface area (Å²) in [6.07, 6.45) is 1.34.